The number of nitrogens with zero attached hydrogens (tertiary/aromatic N) is 2. The van der Waals surface area contributed by atoms with Crippen LogP contribution in [0.4, 0.5) is 0 Å². The normalized spacial score (nSPS) is 12.1. The predicted molar refractivity (Wildman–Crippen MR) is 253 cm³/mol. The van der Waals surface area contributed by atoms with E-state index < -0.39 is 0 Å². The van der Waals surface area contributed by atoms with Crippen molar-refractivity contribution in [2.75, 3.05) is 0 Å². The number of fused-ring (bicyclic) bond motifs is 5. The Bertz CT molecular complexity index is 3840. The molecule has 272 valence electrons. The molecule has 0 unspecified atom stereocenters. The van der Waals surface area contributed by atoms with E-state index in [9.17, 15) is 0 Å². The zero-order valence-corrected chi connectivity index (χ0v) is 32.6. The fourth-order valence-electron chi connectivity index (χ4n) is 9.83. The Labute approximate surface area is 343 Å². The van der Waals surface area contributed by atoms with E-state index in [1.807, 2.05) is 17.4 Å². The summed E-state index contributed by atoms with van der Waals surface area (Å²) in [6, 6.07) is 71.0. The lowest BCUT2D eigenvalue weighted by molar-refractivity contribution is 1.19. The van der Waals surface area contributed by atoms with Gasteiger partial charge in [-0.3, -0.25) is 0 Å². The average molecular weight is 765 g/mol. The van der Waals surface area contributed by atoms with Crippen LogP contribution in [0.1, 0.15) is 0 Å². The van der Waals surface area contributed by atoms with Gasteiger partial charge in [0.25, 0.3) is 0 Å². The average Bonchev–Trinajstić information content (AvgIpc) is 3.69. The second-order valence-electron chi connectivity index (χ2n) is 15.6. The third-order valence-electron chi connectivity index (χ3n) is 12.4. The Kier molecular flexibility index (Phi) is 6.92. The standard InChI is InChI=1S/C56H32N2S/c1-2-12-36(13-3-1)56-57-47(32-48(58-56)44-23-11-25-50-55(44)45-19-6-7-24-49(45)59-50)40-18-5-4-17-39(40)38-30-37-29-28-35-15-9-21-42-41-20-8-14-33-26-27-34-16-10-22-43(53(34)51(33)41)46(31-38)54(37)52(35)42/h1-32H. The van der Waals surface area contributed by atoms with Crippen molar-refractivity contribution in [1.29, 1.82) is 0 Å². The van der Waals surface area contributed by atoms with Crippen molar-refractivity contribution in [1.82, 2.24) is 9.97 Å². The van der Waals surface area contributed by atoms with Crippen LogP contribution in [-0.2, 0) is 0 Å². The highest BCUT2D eigenvalue weighted by Crippen LogP contribution is 2.46. The summed E-state index contributed by atoms with van der Waals surface area (Å²) in [5.41, 5.74) is 7.27. The van der Waals surface area contributed by atoms with Crippen LogP contribution in [0.25, 0.3) is 130 Å². The molecular formula is C56H32N2S. The van der Waals surface area contributed by atoms with E-state index in [1.165, 1.54) is 84.8 Å². The van der Waals surface area contributed by atoms with Crippen molar-refractivity contribution in [3.63, 3.8) is 0 Å². The van der Waals surface area contributed by atoms with Gasteiger partial charge < -0.3 is 0 Å². The van der Waals surface area contributed by atoms with Crippen LogP contribution >= 0.6 is 11.3 Å². The molecule has 2 aromatic heterocycles. The maximum absolute atomic E-state index is 5.37. The molecule has 0 aliphatic heterocycles. The third-order valence-corrected chi connectivity index (χ3v) is 13.5. The SMILES string of the molecule is c1ccc(-c2nc(-c3ccccc3-c3cc4ccc5cccc6c7cccc8ccc9cccc(c(c3)c4c56)c9c87)cc(-c3cccc4sc5ccccc5c34)n2)cc1. The first-order valence-electron chi connectivity index (χ1n) is 20.1. The number of thiophene rings is 1. The van der Waals surface area contributed by atoms with Crippen LogP contribution in [0, 0.1) is 0 Å². The Morgan fingerprint density at radius 3 is 1.51 bits per heavy atom. The van der Waals surface area contributed by atoms with E-state index in [0.717, 1.165) is 39.2 Å². The molecule has 2 heterocycles. The molecule has 11 aromatic carbocycles. The minimum absolute atomic E-state index is 0.711. The molecule has 0 atom stereocenters. The molecule has 0 radical (unpaired) electrons. The molecule has 0 aliphatic rings. The van der Waals surface area contributed by atoms with Crippen LogP contribution in [0.15, 0.2) is 194 Å². The molecule has 3 heteroatoms. The molecule has 0 saturated heterocycles. The largest absolute Gasteiger partial charge is 0.228 e. The lowest BCUT2D eigenvalue weighted by atomic mass is 9.86. The Morgan fingerprint density at radius 1 is 0.288 bits per heavy atom. The summed E-state index contributed by atoms with van der Waals surface area (Å²) in [6.07, 6.45) is 0. The lowest BCUT2D eigenvalue weighted by Gasteiger charge is -2.18. The van der Waals surface area contributed by atoms with Crippen LogP contribution < -0.4 is 0 Å². The monoisotopic (exact) mass is 764 g/mol. The van der Waals surface area contributed by atoms with Gasteiger partial charge in [-0.1, -0.05) is 164 Å². The van der Waals surface area contributed by atoms with Gasteiger partial charge in [-0.05, 0) is 106 Å². The molecule has 13 aromatic rings. The lowest BCUT2D eigenvalue weighted by Crippen LogP contribution is -1.97. The summed E-state index contributed by atoms with van der Waals surface area (Å²) < 4.78 is 2.53. The van der Waals surface area contributed by atoms with Gasteiger partial charge >= 0.3 is 0 Å². The van der Waals surface area contributed by atoms with E-state index in [4.69, 9.17) is 9.97 Å². The van der Waals surface area contributed by atoms with Crippen molar-refractivity contribution < 1.29 is 0 Å². The zero-order chi connectivity index (χ0) is 38.6. The quantitative estimate of drug-likeness (QED) is 0.167. The predicted octanol–water partition coefficient (Wildman–Crippen LogP) is 15.9. The smallest absolute Gasteiger partial charge is 0.160 e. The van der Waals surface area contributed by atoms with Gasteiger partial charge in [0.05, 0.1) is 11.4 Å². The first-order chi connectivity index (χ1) is 29.2. The van der Waals surface area contributed by atoms with E-state index in [1.54, 1.807) is 0 Å². The van der Waals surface area contributed by atoms with Gasteiger partial charge in [-0.25, -0.2) is 9.97 Å². The molecule has 0 N–H and O–H groups in total. The van der Waals surface area contributed by atoms with Crippen LogP contribution in [0.2, 0.25) is 0 Å². The molecule has 0 amide bonds. The molecule has 2 nitrogen and oxygen atoms in total. The summed E-state index contributed by atoms with van der Waals surface area (Å²) >= 11 is 1.83. The summed E-state index contributed by atoms with van der Waals surface area (Å²) in [6.45, 7) is 0. The number of rotatable bonds is 4. The number of hydrogen-bond donors (Lipinski definition) is 0. The molecular weight excluding hydrogens is 733 g/mol. The van der Waals surface area contributed by atoms with Crippen LogP contribution in [0.5, 0.6) is 0 Å². The van der Waals surface area contributed by atoms with Crippen LogP contribution in [-0.4, -0.2) is 9.97 Å². The maximum atomic E-state index is 5.37. The Hall–Kier alpha value is -7.46. The van der Waals surface area contributed by atoms with Crippen LogP contribution in [0.3, 0.4) is 0 Å². The van der Waals surface area contributed by atoms with Gasteiger partial charge in [-0.15, -0.1) is 11.3 Å². The minimum atomic E-state index is 0.711. The topological polar surface area (TPSA) is 25.8 Å². The van der Waals surface area contributed by atoms with E-state index in [-0.39, 0.29) is 0 Å². The highest BCUT2D eigenvalue weighted by molar-refractivity contribution is 7.25. The third kappa shape index (κ3) is 4.86. The first kappa shape index (κ1) is 32.6. The van der Waals surface area contributed by atoms with Gasteiger partial charge in [0.15, 0.2) is 5.82 Å². The number of aromatic nitrogens is 2. The van der Waals surface area contributed by atoms with Crippen molar-refractivity contribution in [2.24, 2.45) is 0 Å². The zero-order valence-electron chi connectivity index (χ0n) is 31.8. The molecule has 13 rings (SSSR count). The van der Waals surface area contributed by atoms with E-state index >= 15 is 0 Å². The molecule has 0 aliphatic carbocycles. The van der Waals surface area contributed by atoms with Crippen molar-refractivity contribution in [2.45, 2.75) is 0 Å². The summed E-state index contributed by atoms with van der Waals surface area (Å²) in [7, 11) is 0. The molecule has 0 spiro atoms. The van der Waals surface area contributed by atoms with E-state index in [0.29, 0.717) is 5.82 Å². The molecule has 0 bridgehead atoms. The Morgan fingerprint density at radius 2 is 0.797 bits per heavy atom. The molecule has 0 saturated carbocycles. The fourth-order valence-corrected chi connectivity index (χ4v) is 11.0. The van der Waals surface area contributed by atoms with Gasteiger partial charge in [0, 0.05) is 36.9 Å². The highest BCUT2D eigenvalue weighted by atomic mass is 32.1. The number of benzene rings is 10. The first-order valence-corrected chi connectivity index (χ1v) is 21.0. The van der Waals surface area contributed by atoms with Gasteiger partial charge in [0.1, 0.15) is 0 Å². The number of hydrogen-bond acceptors (Lipinski definition) is 3. The minimum Gasteiger partial charge on any atom is -0.228 e. The fraction of sp³-hybridized carbons (Fsp3) is 0. The van der Waals surface area contributed by atoms with Crippen molar-refractivity contribution in [3.8, 4) is 45.0 Å². The van der Waals surface area contributed by atoms with Gasteiger partial charge in [0.2, 0.25) is 0 Å². The second kappa shape index (κ2) is 12.5. The molecule has 0 fully saturated rings. The van der Waals surface area contributed by atoms with Crippen molar-refractivity contribution in [3.05, 3.63) is 194 Å². The summed E-state index contributed by atoms with van der Waals surface area (Å²) in [4.78, 5) is 10.7. The Balaban J connectivity index is 1.12. The second-order valence-corrected chi connectivity index (χ2v) is 16.7. The maximum Gasteiger partial charge on any atom is 0.160 e. The van der Waals surface area contributed by atoms with E-state index in [2.05, 4.69) is 188 Å². The summed E-state index contributed by atoms with van der Waals surface area (Å²) in [5, 5.41) is 17.8. The van der Waals surface area contributed by atoms with Crippen molar-refractivity contribution >= 4 is 96.1 Å². The van der Waals surface area contributed by atoms with Gasteiger partial charge in [-0.2, -0.15) is 0 Å². The molecule has 59 heavy (non-hydrogen) atoms. The summed E-state index contributed by atoms with van der Waals surface area (Å²) in [5.74, 6) is 0.711. The highest BCUT2D eigenvalue weighted by Gasteiger charge is 2.20.